The van der Waals surface area contributed by atoms with E-state index in [1.54, 1.807) is 0 Å². The molecule has 2 unspecified atom stereocenters. The minimum atomic E-state index is -1.54. The number of hydrogen-bond donors (Lipinski definition) is 2. The number of fused-ring (bicyclic) bond motifs is 3. The van der Waals surface area contributed by atoms with E-state index < -0.39 is 12.3 Å². The molecule has 2 N–H and O–H groups in total. The Bertz CT molecular complexity index is 620. The summed E-state index contributed by atoms with van der Waals surface area (Å²) >= 11 is 0. The number of aromatic nitrogens is 1. The molecule has 1 aromatic carbocycles. The highest BCUT2D eigenvalue weighted by Crippen LogP contribution is 2.31. The van der Waals surface area contributed by atoms with Crippen molar-refractivity contribution in [3.8, 4) is 0 Å². The Hall–Kier alpha value is -1.39. The summed E-state index contributed by atoms with van der Waals surface area (Å²) in [5.41, 5.74) is 2.14. The normalized spacial score (nSPS) is 22.7. The van der Waals surface area contributed by atoms with Gasteiger partial charge in [-0.2, -0.15) is 0 Å². The van der Waals surface area contributed by atoms with Crippen molar-refractivity contribution in [3.63, 3.8) is 0 Å². The van der Waals surface area contributed by atoms with Gasteiger partial charge in [0.05, 0.1) is 6.61 Å². The molecule has 2 atom stereocenters. The van der Waals surface area contributed by atoms with Gasteiger partial charge in [-0.15, -0.1) is 0 Å². The molecule has 108 valence electrons. The zero-order chi connectivity index (χ0) is 14.3. The number of para-hydroxylation sites is 1. The molecular weight excluding hydrogens is 255 g/mol. The average molecular weight is 276 g/mol. The van der Waals surface area contributed by atoms with Crippen LogP contribution >= 0.6 is 0 Å². The van der Waals surface area contributed by atoms with Gasteiger partial charge >= 0.3 is 0 Å². The third-order valence-electron chi connectivity index (χ3n) is 4.25. The maximum Gasteiger partial charge on any atom is 0.143 e. The Labute approximate surface area is 118 Å². The largest absolute Gasteiger partial charge is 0.393 e. The lowest BCUT2D eigenvalue weighted by molar-refractivity contribution is 0.0277. The second kappa shape index (κ2) is 4.86. The molecule has 0 saturated carbocycles. The van der Waals surface area contributed by atoms with Crippen LogP contribution in [0.15, 0.2) is 24.3 Å². The number of aliphatic hydroxyl groups is 1. The number of hydrogen-bond acceptors (Lipinski definition) is 2. The molecule has 0 bridgehead atoms. The molecule has 20 heavy (non-hydrogen) atoms. The molecule has 0 saturated heterocycles. The van der Waals surface area contributed by atoms with Crippen LogP contribution in [0.3, 0.4) is 0 Å². The fraction of sp³-hybridized carbons (Fsp3) is 0.500. The maximum absolute atomic E-state index is 14.1. The third kappa shape index (κ3) is 2.34. The van der Waals surface area contributed by atoms with Crippen molar-refractivity contribution in [1.82, 2.24) is 9.88 Å². The molecule has 0 amide bonds. The fourth-order valence-electron chi connectivity index (χ4n) is 3.09. The quantitative estimate of drug-likeness (QED) is 0.904. The molecule has 0 aliphatic carbocycles. The molecule has 3 rings (SSSR count). The van der Waals surface area contributed by atoms with Crippen LogP contribution in [0.5, 0.6) is 0 Å². The van der Waals surface area contributed by atoms with E-state index in [2.05, 4.69) is 35.0 Å². The summed E-state index contributed by atoms with van der Waals surface area (Å²) in [6, 6.07) is 8.58. The van der Waals surface area contributed by atoms with Gasteiger partial charge < -0.3 is 10.1 Å². The lowest BCUT2D eigenvalue weighted by atomic mass is 9.96. The topological polar surface area (TPSA) is 39.3 Å². The first-order chi connectivity index (χ1) is 9.50. The SMILES string of the molecule is CC1Cc2c([nH]c3ccccc23)CN1CC(C)(F)CO. The van der Waals surface area contributed by atoms with Gasteiger partial charge in [0.15, 0.2) is 0 Å². The summed E-state index contributed by atoms with van der Waals surface area (Å²) in [6.07, 6.45) is 0.918. The average Bonchev–Trinajstić information content (AvgIpc) is 2.77. The zero-order valence-corrected chi connectivity index (χ0v) is 12.0. The van der Waals surface area contributed by atoms with Crippen LogP contribution in [0.4, 0.5) is 4.39 Å². The Morgan fingerprint density at radius 1 is 1.45 bits per heavy atom. The molecule has 2 heterocycles. The van der Waals surface area contributed by atoms with Crippen LogP contribution in [0, 0.1) is 0 Å². The van der Waals surface area contributed by atoms with Gasteiger partial charge in [0.25, 0.3) is 0 Å². The van der Waals surface area contributed by atoms with Crippen molar-refractivity contribution < 1.29 is 9.50 Å². The minimum Gasteiger partial charge on any atom is -0.393 e. The molecule has 1 aromatic heterocycles. The van der Waals surface area contributed by atoms with Gasteiger partial charge in [-0.3, -0.25) is 4.90 Å². The lowest BCUT2D eigenvalue weighted by Gasteiger charge is -2.36. The number of rotatable bonds is 3. The standard InChI is InChI=1S/C16H21FN2O/c1-11-7-13-12-5-3-4-6-14(12)18-15(13)8-19(11)9-16(2,17)10-20/h3-6,11,18,20H,7-10H2,1-2H3. The van der Waals surface area contributed by atoms with Gasteiger partial charge in [0.1, 0.15) is 5.67 Å². The van der Waals surface area contributed by atoms with Crippen molar-refractivity contribution in [1.29, 1.82) is 0 Å². The van der Waals surface area contributed by atoms with Crippen LogP contribution in [-0.4, -0.2) is 39.9 Å². The van der Waals surface area contributed by atoms with E-state index >= 15 is 0 Å². The van der Waals surface area contributed by atoms with Crippen LogP contribution < -0.4 is 0 Å². The number of nitrogens with zero attached hydrogens (tertiary/aromatic N) is 1. The molecule has 1 aliphatic heterocycles. The van der Waals surface area contributed by atoms with E-state index in [1.807, 2.05) is 6.07 Å². The van der Waals surface area contributed by atoms with Gasteiger partial charge in [-0.1, -0.05) is 18.2 Å². The summed E-state index contributed by atoms with van der Waals surface area (Å²) in [5.74, 6) is 0. The molecule has 0 fully saturated rings. The van der Waals surface area contributed by atoms with Crippen molar-refractivity contribution in [2.75, 3.05) is 13.2 Å². The second-order valence-corrected chi connectivity index (χ2v) is 6.16. The highest BCUT2D eigenvalue weighted by molar-refractivity contribution is 5.84. The Kier molecular flexibility index (Phi) is 3.30. The summed E-state index contributed by atoms with van der Waals surface area (Å²) in [5, 5.41) is 10.4. The number of aromatic amines is 1. The molecule has 2 aromatic rings. The number of aliphatic hydroxyl groups excluding tert-OH is 1. The van der Waals surface area contributed by atoms with E-state index in [-0.39, 0.29) is 12.6 Å². The molecule has 0 radical (unpaired) electrons. The van der Waals surface area contributed by atoms with Gasteiger partial charge in [-0.05, 0) is 31.9 Å². The molecule has 3 nitrogen and oxygen atoms in total. The van der Waals surface area contributed by atoms with Crippen LogP contribution in [-0.2, 0) is 13.0 Å². The molecule has 0 spiro atoms. The molecule has 4 heteroatoms. The summed E-state index contributed by atoms with van der Waals surface area (Å²) in [6.45, 7) is 4.12. The first kappa shape index (κ1) is 13.6. The highest BCUT2D eigenvalue weighted by Gasteiger charge is 2.32. The predicted molar refractivity (Wildman–Crippen MR) is 78.5 cm³/mol. The van der Waals surface area contributed by atoms with Gasteiger partial charge in [-0.25, -0.2) is 4.39 Å². The van der Waals surface area contributed by atoms with Crippen molar-refractivity contribution >= 4 is 10.9 Å². The highest BCUT2D eigenvalue weighted by atomic mass is 19.1. The smallest absolute Gasteiger partial charge is 0.143 e. The van der Waals surface area contributed by atoms with Crippen LogP contribution in [0.25, 0.3) is 10.9 Å². The minimum absolute atomic E-state index is 0.263. The van der Waals surface area contributed by atoms with Crippen molar-refractivity contribution in [2.45, 2.75) is 38.5 Å². The second-order valence-electron chi connectivity index (χ2n) is 6.16. The van der Waals surface area contributed by atoms with Gasteiger partial charge in [0, 0.05) is 35.7 Å². The first-order valence-corrected chi connectivity index (χ1v) is 7.12. The van der Waals surface area contributed by atoms with Crippen molar-refractivity contribution in [2.24, 2.45) is 0 Å². The summed E-state index contributed by atoms with van der Waals surface area (Å²) < 4.78 is 14.1. The molecular formula is C16H21FN2O. The van der Waals surface area contributed by atoms with E-state index in [1.165, 1.54) is 23.6 Å². The van der Waals surface area contributed by atoms with Crippen LogP contribution in [0.1, 0.15) is 25.1 Å². The Morgan fingerprint density at radius 2 is 2.20 bits per heavy atom. The molecule has 1 aliphatic rings. The van der Waals surface area contributed by atoms with Crippen molar-refractivity contribution in [3.05, 3.63) is 35.5 Å². The monoisotopic (exact) mass is 276 g/mol. The summed E-state index contributed by atoms with van der Waals surface area (Å²) in [4.78, 5) is 5.55. The fourth-order valence-corrected chi connectivity index (χ4v) is 3.09. The zero-order valence-electron chi connectivity index (χ0n) is 12.0. The Balaban J connectivity index is 1.90. The van der Waals surface area contributed by atoms with E-state index in [0.717, 1.165) is 11.9 Å². The summed E-state index contributed by atoms with van der Waals surface area (Å²) in [7, 11) is 0. The van der Waals surface area contributed by atoms with Gasteiger partial charge in [0.2, 0.25) is 0 Å². The van der Waals surface area contributed by atoms with Crippen LogP contribution in [0.2, 0.25) is 0 Å². The Morgan fingerprint density at radius 3 is 2.95 bits per heavy atom. The maximum atomic E-state index is 14.1. The van der Waals surface area contributed by atoms with E-state index in [4.69, 9.17) is 5.11 Å². The first-order valence-electron chi connectivity index (χ1n) is 7.12. The number of H-pyrrole nitrogens is 1. The number of nitrogens with one attached hydrogen (secondary N) is 1. The predicted octanol–water partition coefficient (Wildman–Crippen LogP) is 2.64. The third-order valence-corrected chi connectivity index (χ3v) is 4.25. The number of benzene rings is 1. The lowest BCUT2D eigenvalue weighted by Crippen LogP contribution is -2.46. The van der Waals surface area contributed by atoms with E-state index in [0.29, 0.717) is 6.54 Å². The number of halogens is 1. The number of alkyl halides is 1. The van der Waals surface area contributed by atoms with E-state index in [9.17, 15) is 4.39 Å².